The zero-order valence-electron chi connectivity index (χ0n) is 63.1. The third-order valence-corrected chi connectivity index (χ3v) is 19.6. The van der Waals surface area contributed by atoms with Gasteiger partial charge in [0, 0.05) is 61.9 Å². The van der Waals surface area contributed by atoms with Crippen molar-refractivity contribution in [1.82, 2.24) is 64.5 Å². The zero-order valence-corrected chi connectivity index (χ0v) is 69.3. The van der Waals surface area contributed by atoms with Gasteiger partial charge in [-0.2, -0.15) is 0 Å². The highest BCUT2D eigenvalue weighted by Gasteiger charge is 2.62. The van der Waals surface area contributed by atoms with Gasteiger partial charge in [0.2, 0.25) is 0 Å². The SMILES string of the molecule is CC(C)(C)C(=O)C(C)(C)C.CC(C)(C)C1(C(C)(C)C)NC(=O)c2c(Cl)cc(Br)c(=O)n21.CC(C)(C)C1(C(C)(C)C)NC(=O)c2c(Cl)cc(Nc3ccncn3)c(=O)n21.CC(C)(C)C1(C(C)(C)C)NC(=O)c2c(Cl)cc(Nc3ccncn3)c(=O)n21.NC(=O)c1[nH]c(=O)c(Br)cc1Cl.Nc1ccncn1. The number of halogens is 6. The second-order valence-corrected chi connectivity index (χ2v) is 36.4. The lowest BCUT2D eigenvalue weighted by Gasteiger charge is -2.51. The second kappa shape index (κ2) is 31.3. The van der Waals surface area contributed by atoms with E-state index in [1.54, 1.807) is 36.8 Å². The number of Topliss-reactive ketones (excluding diaryl/α,β-unsaturated/α-hetero) is 1. The van der Waals surface area contributed by atoms with Crippen LogP contribution < -0.4 is 60.3 Å². The van der Waals surface area contributed by atoms with E-state index in [2.05, 4.69) is 93.3 Å². The number of anilines is 5. The maximum atomic E-state index is 13.5. The molecule has 0 unspecified atom stereocenters. The summed E-state index contributed by atoms with van der Waals surface area (Å²) in [4.78, 5) is 136. The lowest BCUT2D eigenvalue weighted by Crippen LogP contribution is -2.63. The Morgan fingerprint density at radius 1 is 0.442 bits per heavy atom. The lowest BCUT2D eigenvalue weighted by molar-refractivity contribution is -0.134. The zero-order chi connectivity index (χ0) is 79.8. The van der Waals surface area contributed by atoms with E-state index in [1.165, 1.54) is 56.9 Å². The first kappa shape index (κ1) is 86.7. The fourth-order valence-corrected chi connectivity index (χ4v) is 16.0. The molecule has 7 aromatic heterocycles. The number of aromatic nitrogens is 10. The Kier molecular flexibility index (Phi) is 26.1. The molecule has 26 nitrogen and oxygen atoms in total. The van der Waals surface area contributed by atoms with E-state index in [-0.39, 0.29) is 115 Å². The molecule has 0 aliphatic carbocycles. The number of aromatic amines is 1. The standard InChI is InChI=1S/2C19H24ClN5O2.C15H20BrClN2O2.C9H18O.C6H4BrClN2O2.C4H5N3/c2*1-17(2,3)19(18(4,5)6)24-15(26)14-11(20)9-12(16(27)25(14)19)23-13-7-8-21-10-22-13;1-13(2,3)15(14(4,5)6)18-11(20)10-9(17)7-8(16)12(21)19(10)15;1-8(2,3)7(10)9(4,5)6;7-2-1-3(8)4(5(9)11)10-6(2)12;5-4-1-2-6-3-7-4/h2*7-10H,1-6H3,(H,24,26)(H,21,22,23);7H,1-6H3,(H,18,20);1-6H3;1H,(H2,9,11)(H,10,12);1-3H,(H2,5,6,7). The summed E-state index contributed by atoms with van der Waals surface area (Å²) in [6, 6.07) is 10.7. The number of rotatable bonds is 5. The van der Waals surface area contributed by atoms with Gasteiger partial charge in [-0.25, -0.2) is 29.9 Å². The number of ketones is 1. The van der Waals surface area contributed by atoms with Crippen LogP contribution >= 0.6 is 78.3 Å². The molecule has 3 aliphatic rings. The molecule has 0 fully saturated rings. The molecule has 3 aliphatic heterocycles. The lowest BCUT2D eigenvalue weighted by atomic mass is 9.66. The molecule has 0 atom stereocenters. The van der Waals surface area contributed by atoms with Gasteiger partial charge in [-0.05, 0) is 74.3 Å². The molecule has 0 bridgehead atoms. The predicted molar refractivity (Wildman–Crippen MR) is 417 cm³/mol. The van der Waals surface area contributed by atoms with E-state index in [1.807, 2.05) is 166 Å². The van der Waals surface area contributed by atoms with Crippen molar-refractivity contribution in [3.8, 4) is 0 Å². The molecule has 32 heteroatoms. The van der Waals surface area contributed by atoms with Gasteiger partial charge < -0.3 is 43.0 Å². The molecule has 4 amide bonds. The summed E-state index contributed by atoms with van der Waals surface area (Å²) < 4.78 is 5.17. The number of carbonyl (C=O) groups excluding carboxylic acids is 5. The number of nitrogens with zero attached hydrogens (tertiary/aromatic N) is 9. The van der Waals surface area contributed by atoms with Crippen LogP contribution in [0.4, 0.5) is 28.8 Å². The van der Waals surface area contributed by atoms with Crippen LogP contribution in [0.3, 0.4) is 0 Å². The molecule has 10 N–H and O–H groups in total. The van der Waals surface area contributed by atoms with Gasteiger partial charge in [-0.1, -0.05) is 213 Å². The number of nitrogens with one attached hydrogen (secondary N) is 6. The summed E-state index contributed by atoms with van der Waals surface area (Å²) in [5.74, 6) is -0.0126. The van der Waals surface area contributed by atoms with E-state index >= 15 is 0 Å². The molecule has 564 valence electrons. The molecule has 0 spiro atoms. The number of nitrogen functional groups attached to an aromatic ring is 1. The first-order chi connectivity index (χ1) is 47.2. The van der Waals surface area contributed by atoms with Gasteiger partial charge in [-0.3, -0.25) is 56.9 Å². The van der Waals surface area contributed by atoms with Crippen molar-refractivity contribution < 1.29 is 24.0 Å². The number of amides is 4. The molecule has 0 aromatic carbocycles. The van der Waals surface area contributed by atoms with Crippen LogP contribution in [0, 0.1) is 43.3 Å². The van der Waals surface area contributed by atoms with Crippen molar-refractivity contribution >= 4 is 137 Å². The average Bonchev–Trinajstić information content (AvgIpc) is 1.54. The molecular weight excluding hydrogens is 1550 g/mol. The Labute approximate surface area is 642 Å². The van der Waals surface area contributed by atoms with Crippen LogP contribution in [0.1, 0.15) is 208 Å². The smallest absolute Gasteiger partial charge is 0.276 e. The number of carbonyl (C=O) groups is 5. The Bertz CT molecular complexity index is 4430. The van der Waals surface area contributed by atoms with Crippen molar-refractivity contribution in [3.63, 3.8) is 0 Å². The maximum absolute atomic E-state index is 13.5. The highest BCUT2D eigenvalue weighted by molar-refractivity contribution is 9.10. The van der Waals surface area contributed by atoms with Crippen LogP contribution in [0.2, 0.25) is 20.1 Å². The van der Waals surface area contributed by atoms with Crippen molar-refractivity contribution in [1.29, 1.82) is 0 Å². The van der Waals surface area contributed by atoms with Crippen LogP contribution in [0.25, 0.3) is 0 Å². The Morgan fingerprint density at radius 3 is 0.990 bits per heavy atom. The van der Waals surface area contributed by atoms with Gasteiger partial charge in [0.25, 0.3) is 45.9 Å². The molecule has 0 radical (unpaired) electrons. The van der Waals surface area contributed by atoms with Crippen molar-refractivity contribution in [3.05, 3.63) is 173 Å². The summed E-state index contributed by atoms with van der Waals surface area (Å²) >= 11 is 30.9. The van der Waals surface area contributed by atoms with E-state index < -0.39 is 50.1 Å². The summed E-state index contributed by atoms with van der Waals surface area (Å²) in [6.07, 6.45) is 8.92. The number of hydrogen-bond donors (Lipinski definition) is 8. The maximum Gasteiger partial charge on any atom is 0.276 e. The van der Waals surface area contributed by atoms with Crippen LogP contribution in [-0.4, -0.2) is 78.0 Å². The molecule has 10 rings (SSSR count). The molecule has 104 heavy (non-hydrogen) atoms. The minimum Gasteiger partial charge on any atom is -0.384 e. The topological polar surface area (TPSA) is 374 Å². The largest absolute Gasteiger partial charge is 0.384 e. The third kappa shape index (κ3) is 17.6. The average molecular weight is 1640 g/mol. The van der Waals surface area contributed by atoms with Crippen molar-refractivity contribution in [2.45, 2.75) is 183 Å². The molecule has 0 saturated carbocycles. The normalized spacial score (nSPS) is 14.9. The first-order valence-electron chi connectivity index (χ1n) is 32.7. The van der Waals surface area contributed by atoms with Gasteiger partial charge in [0.15, 0.2) is 0 Å². The molecule has 7 aromatic rings. The van der Waals surface area contributed by atoms with Crippen LogP contribution in [-0.2, 0) is 21.8 Å². The van der Waals surface area contributed by atoms with Crippen LogP contribution in [0.5, 0.6) is 0 Å². The minimum absolute atomic E-state index is 0.0788. The van der Waals surface area contributed by atoms with Gasteiger partial charge in [0.1, 0.15) is 93.4 Å². The summed E-state index contributed by atoms with van der Waals surface area (Å²) in [5, 5.41) is 16.0. The monoisotopic (exact) mass is 1640 g/mol. The van der Waals surface area contributed by atoms with Crippen LogP contribution in [0.15, 0.2) is 108 Å². The number of fused-ring (bicyclic) bond motifs is 3. The fourth-order valence-electron chi connectivity index (χ4n) is 13.9. The fraction of sp³-hybridized carbons (Fsp3) is 0.486. The quantitative estimate of drug-likeness (QED) is 0.0793. The highest BCUT2D eigenvalue weighted by Crippen LogP contribution is 2.54. The Balaban J connectivity index is 0.000000237. The number of hydrogen-bond acceptors (Lipinski definition) is 18. The predicted octanol–water partition coefficient (Wildman–Crippen LogP) is 14.4. The number of nitrogens with two attached hydrogens (primary N) is 2. The molecule has 0 saturated heterocycles. The van der Waals surface area contributed by atoms with E-state index in [9.17, 15) is 43.2 Å². The Morgan fingerprint density at radius 2 is 0.740 bits per heavy atom. The van der Waals surface area contributed by atoms with Gasteiger partial charge in [0.05, 0.1) is 29.0 Å². The minimum atomic E-state index is -0.962. The van der Waals surface area contributed by atoms with E-state index in [0.29, 0.717) is 27.7 Å². The van der Waals surface area contributed by atoms with Gasteiger partial charge >= 0.3 is 0 Å². The number of H-pyrrole nitrogens is 1. The summed E-state index contributed by atoms with van der Waals surface area (Å²) in [5.41, 5.74) is 3.96. The highest BCUT2D eigenvalue weighted by atomic mass is 79.9. The third-order valence-electron chi connectivity index (χ3n) is 17.3. The second-order valence-electron chi connectivity index (χ2n) is 33.0. The summed E-state index contributed by atoms with van der Waals surface area (Å²) in [6.45, 7) is 47.8. The summed E-state index contributed by atoms with van der Waals surface area (Å²) in [7, 11) is 0. The number of pyridine rings is 4. The first-order valence-corrected chi connectivity index (χ1v) is 35.8. The van der Waals surface area contributed by atoms with Crippen molar-refractivity contribution in [2.75, 3.05) is 16.4 Å². The van der Waals surface area contributed by atoms with E-state index in [4.69, 9.17) is 57.9 Å². The van der Waals surface area contributed by atoms with E-state index in [0.717, 1.165) is 0 Å². The van der Waals surface area contributed by atoms with Gasteiger partial charge in [-0.15, -0.1) is 0 Å². The van der Waals surface area contributed by atoms with Crippen molar-refractivity contribution in [2.24, 2.45) is 49.1 Å². The Hall–Kier alpha value is -7.89. The molecular formula is C72H95Br2Cl4N17O9. The molecule has 10 heterocycles. The number of primary amides is 1.